The maximum absolute atomic E-state index is 12.7. The van der Waals surface area contributed by atoms with Gasteiger partial charge in [0.2, 0.25) is 0 Å². The van der Waals surface area contributed by atoms with Crippen LogP contribution < -0.4 is 3.82 Å². The lowest BCUT2D eigenvalue weighted by Crippen LogP contribution is -2.23. The van der Waals surface area contributed by atoms with Crippen LogP contribution in [0.2, 0.25) is 0 Å². The van der Waals surface area contributed by atoms with Gasteiger partial charge in [-0.3, -0.25) is 0 Å². The lowest BCUT2D eigenvalue weighted by Gasteiger charge is -2.17. The van der Waals surface area contributed by atoms with E-state index in [1.165, 1.54) is 18.9 Å². The van der Waals surface area contributed by atoms with Gasteiger partial charge in [-0.15, -0.1) is 0 Å². The highest BCUT2D eigenvalue weighted by molar-refractivity contribution is 7.94. The van der Waals surface area contributed by atoms with Crippen molar-refractivity contribution in [3.05, 3.63) is 53.7 Å². The normalized spacial score (nSPS) is 14.5. The summed E-state index contributed by atoms with van der Waals surface area (Å²) in [5.74, 6) is 0.977. The van der Waals surface area contributed by atoms with Crippen LogP contribution in [-0.4, -0.2) is 20.0 Å². The van der Waals surface area contributed by atoms with Crippen molar-refractivity contribution in [2.75, 3.05) is 10.4 Å². The van der Waals surface area contributed by atoms with E-state index in [1.807, 2.05) is 0 Å². The first-order chi connectivity index (χ1) is 12.0. The van der Waals surface area contributed by atoms with Gasteiger partial charge in [0.25, 0.3) is 10.0 Å². The zero-order valence-corrected chi connectivity index (χ0v) is 15.6. The van der Waals surface area contributed by atoms with E-state index >= 15 is 0 Å². The highest BCUT2D eigenvalue weighted by Gasteiger charge is 2.26. The number of sulfonamides is 1. The molecule has 134 valence electrons. The Bertz CT molecular complexity index is 838. The van der Waals surface area contributed by atoms with Gasteiger partial charge in [0.15, 0.2) is 5.82 Å². The Morgan fingerprint density at radius 1 is 1.20 bits per heavy atom. The van der Waals surface area contributed by atoms with Crippen LogP contribution in [0.5, 0.6) is 0 Å². The number of halogens is 1. The van der Waals surface area contributed by atoms with Gasteiger partial charge in [-0.1, -0.05) is 37.1 Å². The molecule has 0 unspecified atom stereocenters. The fraction of sp³-hybridized carbons (Fsp3) is 0.389. The summed E-state index contributed by atoms with van der Waals surface area (Å²) in [5, 5.41) is 0. The van der Waals surface area contributed by atoms with Crippen molar-refractivity contribution in [1.29, 1.82) is 0 Å². The quantitative estimate of drug-likeness (QED) is 0.512. The highest BCUT2D eigenvalue weighted by atomic mass is 35.5. The number of nitrogens with zero attached hydrogens (tertiary/aromatic N) is 2. The van der Waals surface area contributed by atoms with Crippen LogP contribution in [-0.2, 0) is 21.4 Å². The zero-order chi connectivity index (χ0) is 17.9. The van der Waals surface area contributed by atoms with Gasteiger partial charge in [-0.25, -0.2) is 4.98 Å². The Morgan fingerprint density at radius 2 is 1.96 bits per heavy atom. The summed E-state index contributed by atoms with van der Waals surface area (Å²) in [5.41, 5.74) is 1.28. The SMILES string of the molecule is Cc1ccccc1S(=O)(=O)N(Cl)c1cccc(COCCC2CC2)n1. The van der Waals surface area contributed by atoms with E-state index in [-0.39, 0.29) is 10.7 Å². The smallest absolute Gasteiger partial charge is 0.279 e. The molecule has 0 aliphatic heterocycles. The third-order valence-corrected chi connectivity index (χ3v) is 6.51. The Kier molecular flexibility index (Phi) is 5.61. The Balaban J connectivity index is 1.71. The van der Waals surface area contributed by atoms with Crippen LogP contribution in [0.15, 0.2) is 47.4 Å². The molecule has 7 heteroatoms. The van der Waals surface area contributed by atoms with Gasteiger partial charge in [0.1, 0.15) is 0 Å². The fourth-order valence-corrected chi connectivity index (χ4v) is 4.10. The number of benzene rings is 1. The largest absolute Gasteiger partial charge is 0.375 e. The highest BCUT2D eigenvalue weighted by Crippen LogP contribution is 2.32. The number of rotatable bonds is 8. The molecule has 0 radical (unpaired) electrons. The molecule has 0 amide bonds. The molecule has 1 saturated carbocycles. The van der Waals surface area contributed by atoms with Crippen LogP contribution in [0, 0.1) is 12.8 Å². The van der Waals surface area contributed by atoms with E-state index in [0.717, 1.165) is 12.3 Å². The second-order valence-corrected chi connectivity index (χ2v) is 8.55. The van der Waals surface area contributed by atoms with E-state index in [2.05, 4.69) is 4.98 Å². The van der Waals surface area contributed by atoms with E-state index in [1.54, 1.807) is 43.3 Å². The Morgan fingerprint density at radius 3 is 2.68 bits per heavy atom. The number of hydrogen-bond donors (Lipinski definition) is 0. The average molecular weight is 381 g/mol. The number of ether oxygens (including phenoxy) is 1. The molecule has 2 aromatic rings. The molecule has 1 aliphatic carbocycles. The number of aryl methyl sites for hydroxylation is 1. The third-order valence-electron chi connectivity index (χ3n) is 4.17. The predicted molar refractivity (Wildman–Crippen MR) is 97.9 cm³/mol. The second-order valence-electron chi connectivity index (χ2n) is 6.26. The lowest BCUT2D eigenvalue weighted by atomic mass is 10.2. The van der Waals surface area contributed by atoms with Gasteiger partial charge < -0.3 is 4.74 Å². The minimum absolute atomic E-state index is 0.160. The first-order valence-corrected chi connectivity index (χ1v) is 10.1. The summed E-state index contributed by atoms with van der Waals surface area (Å²) in [6.07, 6.45) is 3.67. The van der Waals surface area contributed by atoms with Crippen LogP contribution in [0.3, 0.4) is 0 Å². The molecule has 25 heavy (non-hydrogen) atoms. The molecular formula is C18H21ClN2O3S. The fourth-order valence-electron chi connectivity index (χ4n) is 2.53. The molecule has 3 rings (SSSR count). The monoisotopic (exact) mass is 380 g/mol. The summed E-state index contributed by atoms with van der Waals surface area (Å²) in [4.78, 5) is 4.48. The summed E-state index contributed by atoms with van der Waals surface area (Å²) in [7, 11) is -3.87. The van der Waals surface area contributed by atoms with Crippen molar-refractivity contribution >= 4 is 27.6 Å². The number of pyridine rings is 1. The molecule has 1 aromatic heterocycles. The van der Waals surface area contributed by atoms with E-state index in [9.17, 15) is 8.42 Å². The Hall–Kier alpha value is -1.63. The van der Waals surface area contributed by atoms with Crippen molar-refractivity contribution in [2.45, 2.75) is 37.7 Å². The van der Waals surface area contributed by atoms with Crippen LogP contribution in [0.4, 0.5) is 5.82 Å². The zero-order valence-electron chi connectivity index (χ0n) is 14.1. The summed E-state index contributed by atoms with van der Waals surface area (Å²) < 4.78 is 31.8. The van der Waals surface area contributed by atoms with Gasteiger partial charge in [0.05, 0.1) is 17.2 Å². The average Bonchev–Trinajstić information content (AvgIpc) is 3.43. The minimum atomic E-state index is -3.87. The number of anilines is 1. The molecular weight excluding hydrogens is 360 g/mol. The van der Waals surface area contributed by atoms with Crippen molar-refractivity contribution in [1.82, 2.24) is 4.98 Å². The molecule has 1 aliphatic rings. The molecule has 1 fully saturated rings. The molecule has 0 atom stereocenters. The molecule has 5 nitrogen and oxygen atoms in total. The van der Waals surface area contributed by atoms with Gasteiger partial charge in [-0.05, 0) is 43.0 Å². The first kappa shape index (κ1) is 18.2. The topological polar surface area (TPSA) is 59.5 Å². The lowest BCUT2D eigenvalue weighted by molar-refractivity contribution is 0.112. The van der Waals surface area contributed by atoms with Crippen LogP contribution in [0.25, 0.3) is 0 Å². The summed E-state index contributed by atoms with van der Waals surface area (Å²) in [6, 6.07) is 11.8. The molecule has 0 saturated heterocycles. The number of aromatic nitrogens is 1. The van der Waals surface area contributed by atoms with Crippen molar-refractivity contribution in [3.8, 4) is 0 Å². The molecule has 1 aromatic carbocycles. The van der Waals surface area contributed by atoms with Crippen molar-refractivity contribution < 1.29 is 13.2 Å². The number of hydrogen-bond acceptors (Lipinski definition) is 4. The maximum Gasteiger partial charge on any atom is 0.279 e. The van der Waals surface area contributed by atoms with E-state index < -0.39 is 10.0 Å². The van der Waals surface area contributed by atoms with Crippen molar-refractivity contribution in [2.24, 2.45) is 5.92 Å². The second kappa shape index (κ2) is 7.72. The van der Waals surface area contributed by atoms with Gasteiger partial charge in [-0.2, -0.15) is 12.2 Å². The first-order valence-electron chi connectivity index (χ1n) is 8.29. The standard InChI is InChI=1S/C18H21ClN2O3S/c1-14-5-2-3-7-17(14)25(22,23)21(19)18-8-4-6-16(20-18)13-24-12-11-15-9-10-15/h2-8,15H,9-13H2,1H3. The molecule has 0 spiro atoms. The van der Waals surface area contributed by atoms with Crippen LogP contribution in [0.1, 0.15) is 30.5 Å². The van der Waals surface area contributed by atoms with E-state index in [4.69, 9.17) is 16.5 Å². The minimum Gasteiger partial charge on any atom is -0.375 e. The van der Waals surface area contributed by atoms with E-state index in [0.29, 0.717) is 28.3 Å². The summed E-state index contributed by atoms with van der Waals surface area (Å²) in [6.45, 7) is 2.77. The van der Waals surface area contributed by atoms with Crippen molar-refractivity contribution in [3.63, 3.8) is 0 Å². The Labute approximate surface area is 153 Å². The van der Waals surface area contributed by atoms with Crippen LogP contribution >= 0.6 is 11.8 Å². The van der Waals surface area contributed by atoms with Gasteiger partial charge in [0, 0.05) is 18.4 Å². The molecule has 0 N–H and O–H groups in total. The summed E-state index contributed by atoms with van der Waals surface area (Å²) >= 11 is 6.13. The third kappa shape index (κ3) is 4.51. The molecule has 1 heterocycles. The molecule has 0 bridgehead atoms. The predicted octanol–water partition coefficient (Wildman–Crippen LogP) is 4.06. The maximum atomic E-state index is 12.7. The van der Waals surface area contributed by atoms with Gasteiger partial charge >= 0.3 is 0 Å².